The van der Waals surface area contributed by atoms with Gasteiger partial charge in [0.25, 0.3) is 5.91 Å². The lowest BCUT2D eigenvalue weighted by Gasteiger charge is -2.39. The van der Waals surface area contributed by atoms with Crippen molar-refractivity contribution in [1.29, 1.82) is 0 Å². The minimum absolute atomic E-state index is 0.169. The molecule has 1 amide bonds. The molecule has 3 rings (SSSR count). The first-order chi connectivity index (χ1) is 14.4. The molecular weight excluding hydrogens is 394 g/mol. The van der Waals surface area contributed by atoms with E-state index in [0.717, 1.165) is 0 Å². The molecular formula is C21H25NO8. The van der Waals surface area contributed by atoms with E-state index in [0.29, 0.717) is 16.8 Å². The molecule has 162 valence electrons. The first-order valence-electron chi connectivity index (χ1n) is 9.52. The number of carbonyl (C=O) groups is 1. The van der Waals surface area contributed by atoms with Gasteiger partial charge in [0.1, 0.15) is 30.2 Å². The summed E-state index contributed by atoms with van der Waals surface area (Å²) in [5.41, 5.74) is 1.55. The van der Waals surface area contributed by atoms with Gasteiger partial charge in [0.15, 0.2) is 0 Å². The van der Waals surface area contributed by atoms with Crippen molar-refractivity contribution < 1.29 is 39.8 Å². The average Bonchev–Trinajstić information content (AvgIpc) is 2.76. The maximum absolute atomic E-state index is 12.4. The summed E-state index contributed by atoms with van der Waals surface area (Å²) in [6, 6.07) is 13.3. The van der Waals surface area contributed by atoms with Crippen molar-refractivity contribution in [2.24, 2.45) is 0 Å². The van der Waals surface area contributed by atoms with Gasteiger partial charge in [-0.05, 0) is 42.3 Å². The zero-order valence-corrected chi connectivity index (χ0v) is 16.1. The Morgan fingerprint density at radius 2 is 1.73 bits per heavy atom. The maximum atomic E-state index is 12.4. The average molecular weight is 419 g/mol. The van der Waals surface area contributed by atoms with Crippen LogP contribution < -0.4 is 10.1 Å². The normalized spacial score (nSPS) is 26.2. The Bertz CT molecular complexity index is 844. The number of aliphatic hydroxyl groups excluding tert-OH is 5. The fraction of sp³-hybridized carbons (Fsp3) is 0.381. The third-order valence-corrected chi connectivity index (χ3v) is 4.84. The first-order valence-corrected chi connectivity index (χ1v) is 9.52. The summed E-state index contributed by atoms with van der Waals surface area (Å²) in [6.45, 7) is -0.733. The zero-order chi connectivity index (χ0) is 21.7. The number of aliphatic hydroxyl groups is 5. The van der Waals surface area contributed by atoms with Crippen LogP contribution in [0, 0.1) is 0 Å². The van der Waals surface area contributed by atoms with Gasteiger partial charge in [-0.2, -0.15) is 0 Å². The second kappa shape index (κ2) is 9.98. The van der Waals surface area contributed by atoms with Gasteiger partial charge in [-0.3, -0.25) is 4.79 Å². The van der Waals surface area contributed by atoms with Crippen LogP contribution in [0.1, 0.15) is 15.9 Å². The van der Waals surface area contributed by atoms with Crippen LogP contribution >= 0.6 is 0 Å². The largest absolute Gasteiger partial charge is 0.462 e. The van der Waals surface area contributed by atoms with Gasteiger partial charge in [0.05, 0.1) is 6.61 Å². The molecule has 30 heavy (non-hydrogen) atoms. The number of anilines is 1. The second-order valence-corrected chi connectivity index (χ2v) is 6.93. The van der Waals surface area contributed by atoms with Crippen LogP contribution in [0.25, 0.3) is 0 Å². The van der Waals surface area contributed by atoms with E-state index in [1.165, 1.54) is 6.07 Å². The molecule has 2 aromatic rings. The Hall–Kier alpha value is -2.53. The maximum Gasteiger partial charge on any atom is 0.255 e. The van der Waals surface area contributed by atoms with Crippen LogP contribution in [-0.2, 0) is 11.2 Å². The summed E-state index contributed by atoms with van der Waals surface area (Å²) in [7, 11) is 0. The van der Waals surface area contributed by atoms with Crippen molar-refractivity contribution in [2.75, 3.05) is 18.5 Å². The van der Waals surface area contributed by atoms with Gasteiger partial charge in [-0.15, -0.1) is 0 Å². The topological polar surface area (TPSA) is 149 Å². The number of ether oxygens (including phenoxy) is 2. The zero-order valence-electron chi connectivity index (χ0n) is 16.1. The van der Waals surface area contributed by atoms with Crippen molar-refractivity contribution >= 4 is 11.6 Å². The van der Waals surface area contributed by atoms with Crippen molar-refractivity contribution in [3.8, 4) is 5.75 Å². The fourth-order valence-corrected chi connectivity index (χ4v) is 3.18. The minimum atomic E-state index is -1.55. The molecule has 9 heteroatoms. The summed E-state index contributed by atoms with van der Waals surface area (Å²) >= 11 is 0. The minimum Gasteiger partial charge on any atom is -0.462 e. The van der Waals surface area contributed by atoms with Crippen LogP contribution in [0.2, 0.25) is 0 Å². The van der Waals surface area contributed by atoms with Gasteiger partial charge >= 0.3 is 0 Å². The van der Waals surface area contributed by atoms with Crippen molar-refractivity contribution in [3.05, 3.63) is 59.7 Å². The molecule has 2 aromatic carbocycles. The van der Waals surface area contributed by atoms with E-state index in [2.05, 4.69) is 5.32 Å². The van der Waals surface area contributed by atoms with E-state index in [1.807, 2.05) is 0 Å². The Labute approximate surface area is 173 Å². The van der Waals surface area contributed by atoms with Crippen LogP contribution in [0.15, 0.2) is 48.5 Å². The summed E-state index contributed by atoms with van der Waals surface area (Å²) in [6.07, 6.45) is -6.76. The number of nitrogens with one attached hydrogen (secondary N) is 1. The van der Waals surface area contributed by atoms with E-state index in [-0.39, 0.29) is 24.7 Å². The summed E-state index contributed by atoms with van der Waals surface area (Å²) in [4.78, 5) is 12.4. The van der Waals surface area contributed by atoms with E-state index >= 15 is 0 Å². The van der Waals surface area contributed by atoms with Gasteiger partial charge in [0.2, 0.25) is 6.29 Å². The highest BCUT2D eigenvalue weighted by Gasteiger charge is 2.44. The molecule has 0 aliphatic carbocycles. The number of hydrogen-bond acceptors (Lipinski definition) is 8. The van der Waals surface area contributed by atoms with E-state index in [9.17, 15) is 30.3 Å². The lowest BCUT2D eigenvalue weighted by Crippen LogP contribution is -2.60. The van der Waals surface area contributed by atoms with Crippen LogP contribution in [0.5, 0.6) is 5.75 Å². The van der Waals surface area contributed by atoms with Crippen LogP contribution in [0.3, 0.4) is 0 Å². The number of benzene rings is 2. The summed E-state index contributed by atoms with van der Waals surface area (Å²) in [5, 5.41) is 51.3. The third-order valence-electron chi connectivity index (χ3n) is 4.84. The highest BCUT2D eigenvalue weighted by Crippen LogP contribution is 2.28. The van der Waals surface area contributed by atoms with Crippen molar-refractivity contribution in [3.63, 3.8) is 0 Å². The Morgan fingerprint density at radius 1 is 1.00 bits per heavy atom. The molecule has 5 unspecified atom stereocenters. The summed E-state index contributed by atoms with van der Waals surface area (Å²) < 4.78 is 10.9. The molecule has 0 bridgehead atoms. The van der Waals surface area contributed by atoms with Crippen molar-refractivity contribution in [1.82, 2.24) is 0 Å². The van der Waals surface area contributed by atoms with E-state index in [4.69, 9.17) is 9.47 Å². The molecule has 1 aliphatic heterocycles. The highest BCUT2D eigenvalue weighted by molar-refractivity contribution is 6.04. The molecule has 1 aliphatic rings. The number of rotatable bonds is 7. The van der Waals surface area contributed by atoms with Crippen LogP contribution in [0.4, 0.5) is 5.69 Å². The number of carbonyl (C=O) groups excluding carboxylic acids is 1. The molecule has 1 fully saturated rings. The molecule has 0 saturated carbocycles. The standard InChI is InChI=1S/C21H25NO8/c23-9-8-13-10-14(29-21-19(27)18(26)17(25)16(11-24)30-21)6-7-15(13)22-20(28)12-4-2-1-3-5-12/h1-7,10,16-19,21,23-27H,8-9,11H2,(H,22,28). The van der Waals surface area contributed by atoms with Crippen molar-refractivity contribution in [2.45, 2.75) is 37.1 Å². The van der Waals surface area contributed by atoms with Gasteiger partial charge in [-0.1, -0.05) is 18.2 Å². The van der Waals surface area contributed by atoms with E-state index in [1.54, 1.807) is 42.5 Å². The third kappa shape index (κ3) is 4.96. The smallest absolute Gasteiger partial charge is 0.255 e. The monoisotopic (exact) mass is 419 g/mol. The lowest BCUT2D eigenvalue weighted by molar-refractivity contribution is -0.277. The predicted molar refractivity (Wildman–Crippen MR) is 106 cm³/mol. The Balaban J connectivity index is 1.77. The van der Waals surface area contributed by atoms with Gasteiger partial charge in [0, 0.05) is 17.9 Å². The number of amides is 1. The SMILES string of the molecule is O=C(Nc1ccc(OC2OC(CO)C(O)C(O)C2O)cc1CCO)c1ccccc1. The quantitative estimate of drug-likeness (QED) is 0.357. The molecule has 0 radical (unpaired) electrons. The van der Waals surface area contributed by atoms with Gasteiger partial charge in [-0.25, -0.2) is 0 Å². The lowest BCUT2D eigenvalue weighted by atomic mass is 9.99. The molecule has 9 nitrogen and oxygen atoms in total. The second-order valence-electron chi connectivity index (χ2n) is 6.93. The fourth-order valence-electron chi connectivity index (χ4n) is 3.18. The van der Waals surface area contributed by atoms with Gasteiger partial charge < -0.3 is 40.3 Å². The molecule has 1 saturated heterocycles. The Kier molecular flexibility index (Phi) is 7.38. The first kappa shape index (κ1) is 22.2. The molecule has 5 atom stereocenters. The number of hydrogen-bond donors (Lipinski definition) is 6. The highest BCUT2D eigenvalue weighted by atomic mass is 16.7. The molecule has 1 heterocycles. The molecule has 6 N–H and O–H groups in total. The molecule has 0 aromatic heterocycles. The summed E-state index contributed by atoms with van der Waals surface area (Å²) in [5.74, 6) is -0.0575. The predicted octanol–water partition coefficient (Wildman–Crippen LogP) is -0.348. The Morgan fingerprint density at radius 3 is 2.40 bits per heavy atom. The van der Waals surface area contributed by atoms with Crippen LogP contribution in [-0.4, -0.2) is 75.4 Å². The van der Waals surface area contributed by atoms with E-state index < -0.39 is 37.3 Å². The molecule has 0 spiro atoms.